The minimum absolute atomic E-state index is 0.207. The van der Waals surface area contributed by atoms with Crippen LogP contribution in [0, 0.1) is 5.92 Å². The van der Waals surface area contributed by atoms with Crippen LogP contribution >= 0.6 is 12.2 Å². The fourth-order valence-corrected chi connectivity index (χ4v) is 2.52. The van der Waals surface area contributed by atoms with Gasteiger partial charge in [0.1, 0.15) is 4.99 Å². The number of pyridine rings is 1. The Labute approximate surface area is 118 Å². The fraction of sp³-hybridized carbons (Fsp3) is 0.462. The molecule has 0 aliphatic carbocycles. The Morgan fingerprint density at radius 2 is 2.05 bits per heavy atom. The van der Waals surface area contributed by atoms with E-state index in [9.17, 15) is 4.79 Å². The minimum atomic E-state index is -0.207. The average Bonchev–Trinajstić information content (AvgIpc) is 2.39. The molecule has 2 heterocycles. The molecule has 1 aliphatic heterocycles. The molecular weight excluding hydrogens is 260 g/mol. The molecule has 0 spiro atoms. The lowest BCUT2D eigenvalue weighted by atomic mass is 9.93. The number of anilines is 1. The Hall–Kier alpha value is -1.69. The van der Waals surface area contributed by atoms with Crippen LogP contribution < -0.4 is 16.4 Å². The standard InChI is InChI=1S/C13H18N4OS/c14-12(18)7-9-3-5-17(6-4-9)10-1-2-11(13(15)19)16-8-10/h1-2,8-9H,3-7H2,(H2,14,18)(H2,15,19). The van der Waals surface area contributed by atoms with Gasteiger partial charge in [0, 0.05) is 19.5 Å². The molecule has 1 amide bonds. The first-order valence-corrected chi connectivity index (χ1v) is 6.76. The molecule has 0 bridgehead atoms. The Morgan fingerprint density at radius 3 is 2.53 bits per heavy atom. The lowest BCUT2D eigenvalue weighted by molar-refractivity contribution is -0.119. The topological polar surface area (TPSA) is 85.2 Å². The number of primary amides is 1. The van der Waals surface area contributed by atoms with Crippen LogP contribution in [-0.4, -0.2) is 29.0 Å². The lowest BCUT2D eigenvalue weighted by Gasteiger charge is -2.33. The van der Waals surface area contributed by atoms with Gasteiger partial charge in [-0.3, -0.25) is 9.78 Å². The number of hydrogen-bond acceptors (Lipinski definition) is 4. The number of nitrogens with two attached hydrogens (primary N) is 2. The summed E-state index contributed by atoms with van der Waals surface area (Å²) in [4.78, 5) is 17.7. The first-order valence-electron chi connectivity index (χ1n) is 6.35. The van der Waals surface area contributed by atoms with Gasteiger partial charge in [-0.15, -0.1) is 0 Å². The average molecular weight is 278 g/mol. The van der Waals surface area contributed by atoms with Gasteiger partial charge in [0.2, 0.25) is 5.91 Å². The highest BCUT2D eigenvalue weighted by Gasteiger charge is 2.20. The van der Waals surface area contributed by atoms with Crippen molar-refractivity contribution in [2.24, 2.45) is 17.4 Å². The maximum atomic E-state index is 10.9. The quantitative estimate of drug-likeness (QED) is 0.796. The van der Waals surface area contributed by atoms with Crippen LogP contribution in [-0.2, 0) is 4.79 Å². The van der Waals surface area contributed by atoms with Gasteiger partial charge in [-0.2, -0.15) is 0 Å². The zero-order valence-corrected chi connectivity index (χ0v) is 11.5. The predicted octanol–water partition coefficient (Wildman–Crippen LogP) is 0.808. The second kappa shape index (κ2) is 5.97. The molecule has 1 fully saturated rings. The van der Waals surface area contributed by atoms with Crippen molar-refractivity contribution in [2.45, 2.75) is 19.3 Å². The van der Waals surface area contributed by atoms with Gasteiger partial charge in [-0.25, -0.2) is 0 Å². The van der Waals surface area contributed by atoms with E-state index in [4.69, 9.17) is 23.7 Å². The molecule has 1 saturated heterocycles. The van der Waals surface area contributed by atoms with Crippen molar-refractivity contribution in [3.05, 3.63) is 24.0 Å². The largest absolute Gasteiger partial charge is 0.388 e. The van der Waals surface area contributed by atoms with Crippen molar-refractivity contribution in [2.75, 3.05) is 18.0 Å². The van der Waals surface area contributed by atoms with Crippen molar-refractivity contribution >= 4 is 28.8 Å². The maximum Gasteiger partial charge on any atom is 0.217 e. The molecule has 0 radical (unpaired) electrons. The highest BCUT2D eigenvalue weighted by Crippen LogP contribution is 2.24. The Kier molecular flexibility index (Phi) is 4.31. The summed E-state index contributed by atoms with van der Waals surface area (Å²) in [5, 5.41) is 0. The number of carbonyl (C=O) groups is 1. The Morgan fingerprint density at radius 1 is 1.37 bits per heavy atom. The zero-order chi connectivity index (χ0) is 13.8. The third-order valence-electron chi connectivity index (χ3n) is 3.47. The number of rotatable bonds is 4. The van der Waals surface area contributed by atoms with Crippen LogP contribution in [0.5, 0.6) is 0 Å². The molecule has 0 unspecified atom stereocenters. The molecule has 0 atom stereocenters. The monoisotopic (exact) mass is 278 g/mol. The minimum Gasteiger partial charge on any atom is -0.388 e. The van der Waals surface area contributed by atoms with E-state index in [0.717, 1.165) is 31.6 Å². The van der Waals surface area contributed by atoms with Crippen molar-refractivity contribution in [3.63, 3.8) is 0 Å². The van der Waals surface area contributed by atoms with Gasteiger partial charge in [0.05, 0.1) is 17.6 Å². The van der Waals surface area contributed by atoms with E-state index in [1.54, 1.807) is 6.20 Å². The third kappa shape index (κ3) is 3.64. The van der Waals surface area contributed by atoms with Crippen molar-refractivity contribution < 1.29 is 4.79 Å². The number of thiocarbonyl (C=S) groups is 1. The summed E-state index contributed by atoms with van der Waals surface area (Å²) >= 11 is 4.88. The van der Waals surface area contributed by atoms with Crippen LogP contribution in [0.3, 0.4) is 0 Å². The van der Waals surface area contributed by atoms with E-state index in [0.29, 0.717) is 23.0 Å². The smallest absolute Gasteiger partial charge is 0.217 e. The van der Waals surface area contributed by atoms with E-state index in [2.05, 4.69) is 9.88 Å². The van der Waals surface area contributed by atoms with Crippen LogP contribution in [0.2, 0.25) is 0 Å². The zero-order valence-electron chi connectivity index (χ0n) is 10.7. The summed E-state index contributed by atoms with van der Waals surface area (Å²) in [5.41, 5.74) is 12.5. The second-order valence-corrected chi connectivity index (χ2v) is 5.31. The van der Waals surface area contributed by atoms with Crippen LogP contribution in [0.25, 0.3) is 0 Å². The normalized spacial score (nSPS) is 16.3. The first-order chi connectivity index (χ1) is 9.06. The van der Waals surface area contributed by atoms with Gasteiger partial charge in [-0.05, 0) is 30.9 Å². The molecule has 0 saturated carbocycles. The van der Waals surface area contributed by atoms with Gasteiger partial charge in [0.15, 0.2) is 0 Å². The number of aromatic nitrogens is 1. The Balaban J connectivity index is 1.94. The molecule has 102 valence electrons. The first kappa shape index (κ1) is 13.7. The molecular formula is C13H18N4OS. The summed E-state index contributed by atoms with van der Waals surface area (Å²) in [5.74, 6) is 0.207. The van der Waals surface area contributed by atoms with Crippen molar-refractivity contribution in [1.82, 2.24) is 4.98 Å². The van der Waals surface area contributed by atoms with Crippen LogP contribution in [0.15, 0.2) is 18.3 Å². The highest BCUT2D eigenvalue weighted by atomic mass is 32.1. The second-order valence-electron chi connectivity index (χ2n) is 4.87. The third-order valence-corrected chi connectivity index (χ3v) is 3.68. The van der Waals surface area contributed by atoms with Gasteiger partial charge >= 0.3 is 0 Å². The lowest BCUT2D eigenvalue weighted by Crippen LogP contribution is -2.35. The summed E-state index contributed by atoms with van der Waals surface area (Å²) in [6.07, 6.45) is 4.26. The molecule has 6 heteroatoms. The summed E-state index contributed by atoms with van der Waals surface area (Å²) in [6.45, 7) is 1.85. The molecule has 19 heavy (non-hydrogen) atoms. The van der Waals surface area contributed by atoms with E-state index in [1.165, 1.54) is 0 Å². The van der Waals surface area contributed by atoms with Gasteiger partial charge in [-0.1, -0.05) is 12.2 Å². The van der Waals surface area contributed by atoms with Crippen LogP contribution in [0.1, 0.15) is 25.0 Å². The summed E-state index contributed by atoms with van der Waals surface area (Å²) in [6, 6.07) is 3.82. The molecule has 1 aromatic heterocycles. The number of amides is 1. The molecule has 2 rings (SSSR count). The SMILES string of the molecule is NC(=O)CC1CCN(c2ccc(C(N)=S)nc2)CC1. The molecule has 1 aromatic rings. The Bertz CT molecular complexity index is 466. The van der Waals surface area contributed by atoms with E-state index < -0.39 is 0 Å². The number of nitrogens with zero attached hydrogens (tertiary/aromatic N) is 2. The van der Waals surface area contributed by atoms with E-state index in [-0.39, 0.29) is 5.91 Å². The summed E-state index contributed by atoms with van der Waals surface area (Å²) < 4.78 is 0. The molecule has 0 aromatic carbocycles. The molecule has 5 nitrogen and oxygen atoms in total. The van der Waals surface area contributed by atoms with Crippen LogP contribution in [0.4, 0.5) is 5.69 Å². The van der Waals surface area contributed by atoms with Crippen molar-refractivity contribution in [3.8, 4) is 0 Å². The molecule has 1 aliphatic rings. The van der Waals surface area contributed by atoms with Gasteiger partial charge in [0.25, 0.3) is 0 Å². The number of piperidine rings is 1. The summed E-state index contributed by atoms with van der Waals surface area (Å²) in [7, 11) is 0. The molecule has 4 N–H and O–H groups in total. The van der Waals surface area contributed by atoms with E-state index in [1.807, 2.05) is 12.1 Å². The van der Waals surface area contributed by atoms with Crippen molar-refractivity contribution in [1.29, 1.82) is 0 Å². The van der Waals surface area contributed by atoms with E-state index >= 15 is 0 Å². The number of hydrogen-bond donors (Lipinski definition) is 2. The maximum absolute atomic E-state index is 10.9. The number of carbonyl (C=O) groups excluding carboxylic acids is 1. The fourth-order valence-electron chi connectivity index (χ4n) is 2.40. The van der Waals surface area contributed by atoms with Gasteiger partial charge < -0.3 is 16.4 Å². The highest BCUT2D eigenvalue weighted by molar-refractivity contribution is 7.80. The predicted molar refractivity (Wildman–Crippen MR) is 78.9 cm³/mol.